The van der Waals surface area contributed by atoms with Crippen LogP contribution in [0.25, 0.3) is 0 Å². The molecule has 5 heteroatoms. The normalized spacial score (nSPS) is 26.6. The lowest BCUT2D eigenvalue weighted by molar-refractivity contribution is -0.153. The number of methoxy groups -OCH3 is 1. The monoisotopic (exact) mass is 303 g/mol. The Balaban J connectivity index is 1.62. The first-order valence-electron chi connectivity index (χ1n) is 7.70. The van der Waals surface area contributed by atoms with Crippen LogP contribution in [0, 0.1) is 11.3 Å². The minimum atomic E-state index is -0.513. The van der Waals surface area contributed by atoms with Crippen LogP contribution < -0.4 is 0 Å². The Morgan fingerprint density at radius 3 is 2.82 bits per heavy atom. The van der Waals surface area contributed by atoms with Crippen LogP contribution in [0.4, 0.5) is 4.79 Å². The third-order valence-corrected chi connectivity index (χ3v) is 4.93. The molecule has 3 rings (SSSR count). The number of carbonyl (C=O) groups excluding carboxylic acids is 2. The van der Waals surface area contributed by atoms with Gasteiger partial charge in [-0.1, -0.05) is 36.8 Å². The second-order valence-electron chi connectivity index (χ2n) is 6.16. The molecule has 1 aliphatic heterocycles. The van der Waals surface area contributed by atoms with Gasteiger partial charge in [-0.25, -0.2) is 4.79 Å². The van der Waals surface area contributed by atoms with Crippen molar-refractivity contribution in [2.45, 2.75) is 25.9 Å². The van der Waals surface area contributed by atoms with Gasteiger partial charge in [0, 0.05) is 13.1 Å². The van der Waals surface area contributed by atoms with Crippen LogP contribution in [-0.4, -0.2) is 37.2 Å². The number of likely N-dealkylation sites (tertiary alicyclic amines) is 1. The predicted molar refractivity (Wildman–Crippen MR) is 80.0 cm³/mol. The number of hydrogen-bond acceptors (Lipinski definition) is 4. The molecular weight excluding hydrogens is 282 g/mol. The molecule has 5 nitrogen and oxygen atoms in total. The molecule has 0 bridgehead atoms. The van der Waals surface area contributed by atoms with Crippen molar-refractivity contribution in [3.63, 3.8) is 0 Å². The van der Waals surface area contributed by atoms with Gasteiger partial charge in [-0.05, 0) is 24.3 Å². The van der Waals surface area contributed by atoms with E-state index in [1.54, 1.807) is 4.90 Å². The van der Waals surface area contributed by atoms with Crippen LogP contribution in [0.2, 0.25) is 0 Å². The summed E-state index contributed by atoms with van der Waals surface area (Å²) in [5.74, 6) is 0.0117. The maximum atomic E-state index is 12.3. The second kappa shape index (κ2) is 5.99. The SMILES string of the molecule is COC(=O)[C@]12CCCC1CN(C(=O)OCc1ccccc1)C2. The molecule has 2 atom stereocenters. The van der Waals surface area contributed by atoms with E-state index in [0.717, 1.165) is 24.8 Å². The topological polar surface area (TPSA) is 55.8 Å². The van der Waals surface area contributed by atoms with Gasteiger partial charge >= 0.3 is 12.1 Å². The van der Waals surface area contributed by atoms with E-state index >= 15 is 0 Å². The average Bonchev–Trinajstić information content (AvgIpc) is 3.11. The Morgan fingerprint density at radius 2 is 2.09 bits per heavy atom. The summed E-state index contributed by atoms with van der Waals surface area (Å²) in [5.41, 5.74) is 0.443. The summed E-state index contributed by atoms with van der Waals surface area (Å²) >= 11 is 0. The van der Waals surface area contributed by atoms with E-state index in [1.807, 2.05) is 30.3 Å². The minimum Gasteiger partial charge on any atom is -0.469 e. The van der Waals surface area contributed by atoms with Gasteiger partial charge in [-0.2, -0.15) is 0 Å². The van der Waals surface area contributed by atoms with Crippen LogP contribution in [0.1, 0.15) is 24.8 Å². The van der Waals surface area contributed by atoms with E-state index in [2.05, 4.69) is 0 Å². The number of fused-ring (bicyclic) bond motifs is 1. The van der Waals surface area contributed by atoms with Crippen molar-refractivity contribution in [1.82, 2.24) is 4.90 Å². The molecular formula is C17H21NO4. The van der Waals surface area contributed by atoms with Crippen LogP contribution in [-0.2, 0) is 20.9 Å². The zero-order chi connectivity index (χ0) is 15.6. The van der Waals surface area contributed by atoms with Crippen LogP contribution in [0.5, 0.6) is 0 Å². The van der Waals surface area contributed by atoms with Crippen LogP contribution in [0.15, 0.2) is 30.3 Å². The summed E-state index contributed by atoms with van der Waals surface area (Å²) in [4.78, 5) is 26.1. The lowest BCUT2D eigenvalue weighted by Gasteiger charge is -2.25. The molecule has 2 aliphatic rings. The Bertz CT molecular complexity index is 559. The molecule has 0 N–H and O–H groups in total. The second-order valence-corrected chi connectivity index (χ2v) is 6.16. The molecule has 1 amide bonds. The molecule has 0 aromatic heterocycles. The van der Waals surface area contributed by atoms with Crippen molar-refractivity contribution in [1.29, 1.82) is 0 Å². The van der Waals surface area contributed by atoms with Gasteiger partial charge in [-0.15, -0.1) is 0 Å². The summed E-state index contributed by atoms with van der Waals surface area (Å²) in [5, 5.41) is 0. The molecule has 1 aromatic carbocycles. The van der Waals surface area contributed by atoms with Crippen LogP contribution >= 0.6 is 0 Å². The Labute approximate surface area is 130 Å². The fourth-order valence-electron chi connectivity index (χ4n) is 3.78. The fraction of sp³-hybridized carbons (Fsp3) is 0.529. The first-order chi connectivity index (χ1) is 10.7. The quantitative estimate of drug-likeness (QED) is 0.805. The van der Waals surface area contributed by atoms with Crippen molar-refractivity contribution in [3.8, 4) is 0 Å². The molecule has 0 radical (unpaired) electrons. The van der Waals surface area contributed by atoms with E-state index in [4.69, 9.17) is 9.47 Å². The maximum absolute atomic E-state index is 12.3. The number of carbonyl (C=O) groups is 2. The fourth-order valence-corrected chi connectivity index (χ4v) is 3.78. The Hall–Kier alpha value is -2.04. The summed E-state index contributed by atoms with van der Waals surface area (Å²) in [7, 11) is 1.42. The van der Waals surface area contributed by atoms with Crippen molar-refractivity contribution in [2.75, 3.05) is 20.2 Å². The smallest absolute Gasteiger partial charge is 0.410 e. The number of esters is 1. The number of nitrogens with zero attached hydrogens (tertiary/aromatic N) is 1. The first kappa shape index (κ1) is 14.9. The van der Waals surface area contributed by atoms with E-state index in [9.17, 15) is 9.59 Å². The number of benzene rings is 1. The summed E-state index contributed by atoms with van der Waals surface area (Å²) in [6.07, 6.45) is 2.44. The average molecular weight is 303 g/mol. The van der Waals surface area contributed by atoms with Gasteiger partial charge in [0.2, 0.25) is 0 Å². The molecule has 2 fully saturated rings. The minimum absolute atomic E-state index is 0.187. The number of hydrogen-bond donors (Lipinski definition) is 0. The van der Waals surface area contributed by atoms with Crippen molar-refractivity contribution >= 4 is 12.1 Å². The molecule has 1 saturated carbocycles. The molecule has 22 heavy (non-hydrogen) atoms. The summed E-state index contributed by atoms with van der Waals surface area (Å²) in [6.45, 7) is 1.26. The standard InChI is InChI=1S/C17H21NO4/c1-21-15(19)17-9-5-8-14(17)10-18(12-17)16(20)22-11-13-6-3-2-4-7-13/h2-4,6-7,14H,5,8-12H2,1H3/t14?,17-/m0/s1. The highest BCUT2D eigenvalue weighted by Crippen LogP contribution is 2.49. The zero-order valence-electron chi connectivity index (χ0n) is 12.8. The maximum Gasteiger partial charge on any atom is 0.410 e. The van der Waals surface area contributed by atoms with Gasteiger partial charge in [-0.3, -0.25) is 4.79 Å². The van der Waals surface area contributed by atoms with Gasteiger partial charge in [0.1, 0.15) is 6.61 Å². The molecule has 118 valence electrons. The molecule has 1 saturated heterocycles. The highest BCUT2D eigenvalue weighted by molar-refractivity contribution is 5.80. The highest BCUT2D eigenvalue weighted by Gasteiger charge is 2.56. The summed E-state index contributed by atoms with van der Waals surface area (Å²) < 4.78 is 10.3. The summed E-state index contributed by atoms with van der Waals surface area (Å²) in [6, 6.07) is 9.59. The van der Waals surface area contributed by atoms with Crippen LogP contribution in [0.3, 0.4) is 0 Å². The van der Waals surface area contributed by atoms with E-state index in [1.165, 1.54) is 7.11 Å². The Morgan fingerprint density at radius 1 is 1.32 bits per heavy atom. The molecule has 1 heterocycles. The van der Waals surface area contributed by atoms with E-state index in [-0.39, 0.29) is 24.6 Å². The number of rotatable bonds is 3. The lowest BCUT2D eigenvalue weighted by atomic mass is 9.81. The van der Waals surface area contributed by atoms with Gasteiger partial charge in [0.05, 0.1) is 12.5 Å². The third-order valence-electron chi connectivity index (χ3n) is 4.93. The zero-order valence-corrected chi connectivity index (χ0v) is 12.8. The third kappa shape index (κ3) is 2.56. The largest absolute Gasteiger partial charge is 0.469 e. The highest BCUT2D eigenvalue weighted by atomic mass is 16.6. The molecule has 1 aliphatic carbocycles. The van der Waals surface area contributed by atoms with Crippen molar-refractivity contribution in [3.05, 3.63) is 35.9 Å². The number of amides is 1. The number of ether oxygens (including phenoxy) is 2. The molecule has 1 unspecified atom stereocenters. The van der Waals surface area contributed by atoms with E-state index in [0.29, 0.717) is 13.1 Å². The molecule has 0 spiro atoms. The lowest BCUT2D eigenvalue weighted by Crippen LogP contribution is -2.38. The van der Waals surface area contributed by atoms with Gasteiger partial charge in [0.15, 0.2) is 0 Å². The predicted octanol–water partition coefficient (Wildman–Crippen LogP) is 2.60. The first-order valence-corrected chi connectivity index (χ1v) is 7.70. The Kier molecular flexibility index (Phi) is 4.05. The molecule has 1 aromatic rings. The van der Waals surface area contributed by atoms with Crippen molar-refractivity contribution < 1.29 is 19.1 Å². The van der Waals surface area contributed by atoms with Gasteiger partial charge in [0.25, 0.3) is 0 Å². The van der Waals surface area contributed by atoms with Gasteiger partial charge < -0.3 is 14.4 Å². The van der Waals surface area contributed by atoms with Crippen molar-refractivity contribution in [2.24, 2.45) is 11.3 Å². The van der Waals surface area contributed by atoms with E-state index < -0.39 is 5.41 Å².